The van der Waals surface area contributed by atoms with E-state index in [0.717, 1.165) is 5.92 Å². The first-order valence-electron chi connectivity index (χ1n) is 8.75. The van der Waals surface area contributed by atoms with Crippen molar-refractivity contribution in [2.45, 2.75) is 51.0 Å². The molecule has 1 aromatic rings. The van der Waals surface area contributed by atoms with Crippen molar-refractivity contribution in [2.75, 3.05) is 26.2 Å². The highest BCUT2D eigenvalue weighted by Crippen LogP contribution is 2.25. The summed E-state index contributed by atoms with van der Waals surface area (Å²) in [5.74, 6) is 0.885. The summed E-state index contributed by atoms with van der Waals surface area (Å²) in [6, 6.07) is 11.0. The Morgan fingerprint density at radius 1 is 1.14 bits per heavy atom. The number of nitrogens with zero attached hydrogens (tertiary/aromatic N) is 1. The van der Waals surface area contributed by atoms with Crippen LogP contribution in [0, 0.1) is 5.92 Å². The Balaban J connectivity index is 1.44. The summed E-state index contributed by atoms with van der Waals surface area (Å²) in [6.07, 6.45) is 8.10. The van der Waals surface area contributed by atoms with Gasteiger partial charge in [0.05, 0.1) is 0 Å². The Kier molecular flexibility index (Phi) is 4.97. The van der Waals surface area contributed by atoms with Crippen molar-refractivity contribution in [3.63, 3.8) is 0 Å². The molecule has 2 fully saturated rings. The van der Waals surface area contributed by atoms with Crippen LogP contribution in [0.1, 0.15) is 44.6 Å². The Morgan fingerprint density at radius 2 is 1.90 bits per heavy atom. The van der Waals surface area contributed by atoms with Gasteiger partial charge in [-0.05, 0) is 70.1 Å². The third kappa shape index (κ3) is 4.31. The van der Waals surface area contributed by atoms with Gasteiger partial charge in [0.2, 0.25) is 0 Å². The van der Waals surface area contributed by atoms with Gasteiger partial charge in [0, 0.05) is 12.1 Å². The van der Waals surface area contributed by atoms with E-state index in [1.165, 1.54) is 70.3 Å². The molecule has 2 aliphatic rings. The van der Waals surface area contributed by atoms with Crippen molar-refractivity contribution in [1.82, 2.24) is 10.2 Å². The summed E-state index contributed by atoms with van der Waals surface area (Å²) in [4.78, 5) is 2.69. The fourth-order valence-electron chi connectivity index (χ4n) is 4.04. The molecule has 0 amide bonds. The van der Waals surface area contributed by atoms with E-state index in [9.17, 15) is 0 Å². The average molecular weight is 286 g/mol. The summed E-state index contributed by atoms with van der Waals surface area (Å²) < 4.78 is 0. The highest BCUT2D eigenvalue weighted by molar-refractivity contribution is 5.15. The van der Waals surface area contributed by atoms with E-state index in [2.05, 4.69) is 47.5 Å². The lowest BCUT2D eigenvalue weighted by atomic mass is 9.87. The van der Waals surface area contributed by atoms with Gasteiger partial charge in [-0.2, -0.15) is 0 Å². The molecule has 0 radical (unpaired) electrons. The maximum atomic E-state index is 3.75. The van der Waals surface area contributed by atoms with E-state index >= 15 is 0 Å². The largest absolute Gasteiger partial charge is 0.310 e. The second kappa shape index (κ2) is 6.93. The van der Waals surface area contributed by atoms with Crippen LogP contribution < -0.4 is 5.32 Å². The minimum absolute atomic E-state index is 0.366. The SMILES string of the molecule is CC1(CN2CCC(Cc3ccccc3)CC2)CCCCN1. The summed E-state index contributed by atoms with van der Waals surface area (Å²) in [5, 5.41) is 3.75. The smallest absolute Gasteiger partial charge is 0.0280 e. The molecule has 3 rings (SSSR count). The molecule has 0 bridgehead atoms. The zero-order chi connectivity index (χ0) is 14.5. The Labute approximate surface area is 129 Å². The van der Waals surface area contributed by atoms with E-state index in [1.807, 2.05) is 0 Å². The number of hydrogen-bond donors (Lipinski definition) is 1. The van der Waals surface area contributed by atoms with Crippen molar-refractivity contribution >= 4 is 0 Å². The third-order valence-electron chi connectivity index (χ3n) is 5.35. The molecule has 2 aliphatic heterocycles. The molecule has 116 valence electrons. The summed E-state index contributed by atoms with van der Waals surface area (Å²) in [5.41, 5.74) is 1.88. The van der Waals surface area contributed by atoms with Crippen LogP contribution in [-0.2, 0) is 6.42 Å². The number of hydrogen-bond acceptors (Lipinski definition) is 2. The quantitative estimate of drug-likeness (QED) is 0.911. The summed E-state index contributed by atoms with van der Waals surface area (Å²) in [6.45, 7) is 7.44. The van der Waals surface area contributed by atoms with E-state index in [1.54, 1.807) is 0 Å². The normalized spacial score (nSPS) is 28.6. The molecule has 1 N–H and O–H groups in total. The molecule has 1 unspecified atom stereocenters. The topological polar surface area (TPSA) is 15.3 Å². The van der Waals surface area contributed by atoms with Crippen LogP contribution in [0.25, 0.3) is 0 Å². The van der Waals surface area contributed by atoms with Crippen molar-refractivity contribution in [1.29, 1.82) is 0 Å². The maximum Gasteiger partial charge on any atom is 0.0280 e. The van der Waals surface area contributed by atoms with Crippen molar-refractivity contribution in [3.05, 3.63) is 35.9 Å². The minimum atomic E-state index is 0.366. The predicted molar refractivity (Wildman–Crippen MR) is 89.6 cm³/mol. The van der Waals surface area contributed by atoms with Crippen molar-refractivity contribution in [3.8, 4) is 0 Å². The molecule has 0 aliphatic carbocycles. The van der Waals surface area contributed by atoms with Crippen LogP contribution >= 0.6 is 0 Å². The first-order chi connectivity index (χ1) is 10.2. The van der Waals surface area contributed by atoms with Crippen LogP contribution in [-0.4, -0.2) is 36.6 Å². The van der Waals surface area contributed by atoms with E-state index in [0.29, 0.717) is 5.54 Å². The van der Waals surface area contributed by atoms with Gasteiger partial charge in [-0.3, -0.25) is 0 Å². The number of benzene rings is 1. The highest BCUT2D eigenvalue weighted by Gasteiger charge is 2.30. The van der Waals surface area contributed by atoms with Gasteiger partial charge in [-0.15, -0.1) is 0 Å². The van der Waals surface area contributed by atoms with Gasteiger partial charge in [0.25, 0.3) is 0 Å². The highest BCUT2D eigenvalue weighted by atomic mass is 15.2. The van der Waals surface area contributed by atoms with Gasteiger partial charge in [0.1, 0.15) is 0 Å². The monoisotopic (exact) mass is 286 g/mol. The first-order valence-corrected chi connectivity index (χ1v) is 8.75. The van der Waals surface area contributed by atoms with Crippen LogP contribution in [0.3, 0.4) is 0 Å². The first kappa shape index (κ1) is 15.1. The van der Waals surface area contributed by atoms with Gasteiger partial charge >= 0.3 is 0 Å². The average Bonchev–Trinajstić information content (AvgIpc) is 2.51. The van der Waals surface area contributed by atoms with E-state index in [4.69, 9.17) is 0 Å². The molecule has 0 aromatic heterocycles. The van der Waals surface area contributed by atoms with Crippen molar-refractivity contribution in [2.24, 2.45) is 5.92 Å². The molecular formula is C19H30N2. The molecule has 1 atom stereocenters. The number of likely N-dealkylation sites (tertiary alicyclic amines) is 1. The van der Waals surface area contributed by atoms with Crippen LogP contribution in [0.2, 0.25) is 0 Å². The third-order valence-corrected chi connectivity index (χ3v) is 5.35. The molecule has 2 heterocycles. The van der Waals surface area contributed by atoms with Gasteiger partial charge < -0.3 is 10.2 Å². The number of rotatable bonds is 4. The molecule has 1 aromatic carbocycles. The molecule has 21 heavy (non-hydrogen) atoms. The van der Waals surface area contributed by atoms with Gasteiger partial charge in [-0.1, -0.05) is 36.8 Å². The summed E-state index contributed by atoms with van der Waals surface area (Å²) in [7, 11) is 0. The van der Waals surface area contributed by atoms with Crippen LogP contribution in [0.15, 0.2) is 30.3 Å². The lowest BCUT2D eigenvalue weighted by molar-refractivity contribution is 0.123. The predicted octanol–water partition coefficient (Wildman–Crippen LogP) is 3.47. The standard InChI is InChI=1S/C19H30N2/c1-19(11-5-6-12-20-19)16-21-13-9-18(10-14-21)15-17-7-3-2-4-8-17/h2-4,7-8,18,20H,5-6,9-16H2,1H3. The summed E-state index contributed by atoms with van der Waals surface area (Å²) >= 11 is 0. The van der Waals surface area contributed by atoms with Crippen molar-refractivity contribution < 1.29 is 0 Å². The minimum Gasteiger partial charge on any atom is -0.310 e. The molecule has 2 heteroatoms. The molecular weight excluding hydrogens is 256 g/mol. The Hall–Kier alpha value is -0.860. The number of nitrogens with one attached hydrogen (secondary N) is 1. The van der Waals surface area contributed by atoms with Crippen LogP contribution in [0.5, 0.6) is 0 Å². The van der Waals surface area contributed by atoms with Gasteiger partial charge in [-0.25, -0.2) is 0 Å². The second-order valence-electron chi connectivity index (χ2n) is 7.35. The lowest BCUT2D eigenvalue weighted by Crippen LogP contribution is -2.54. The Bertz CT molecular complexity index is 414. The fraction of sp³-hybridized carbons (Fsp3) is 0.684. The zero-order valence-electron chi connectivity index (χ0n) is 13.5. The molecule has 2 nitrogen and oxygen atoms in total. The van der Waals surface area contributed by atoms with E-state index < -0.39 is 0 Å². The Morgan fingerprint density at radius 3 is 2.57 bits per heavy atom. The molecule has 2 saturated heterocycles. The van der Waals surface area contributed by atoms with Crippen LogP contribution in [0.4, 0.5) is 0 Å². The van der Waals surface area contributed by atoms with Gasteiger partial charge in [0.15, 0.2) is 0 Å². The number of piperidine rings is 2. The second-order valence-corrected chi connectivity index (χ2v) is 7.35. The van der Waals surface area contributed by atoms with E-state index in [-0.39, 0.29) is 0 Å². The lowest BCUT2D eigenvalue weighted by Gasteiger charge is -2.41. The zero-order valence-corrected chi connectivity index (χ0v) is 13.5. The molecule has 0 saturated carbocycles. The fourth-order valence-corrected chi connectivity index (χ4v) is 4.04. The molecule has 0 spiro atoms. The maximum absolute atomic E-state index is 3.75.